The highest BCUT2D eigenvalue weighted by atomic mass is 32.2. The number of rotatable bonds is 7. The highest BCUT2D eigenvalue weighted by Crippen LogP contribution is 2.28. The summed E-state index contributed by atoms with van der Waals surface area (Å²) in [6, 6.07) is 6.91. The third-order valence-corrected chi connectivity index (χ3v) is 4.97. The molecule has 2 rings (SSSR count). The first kappa shape index (κ1) is 14.9. The molecular formula is C16H25NOS. The molecule has 1 unspecified atom stereocenters. The third kappa shape index (κ3) is 4.51. The molecule has 0 aromatic heterocycles. The van der Waals surface area contributed by atoms with Crippen molar-refractivity contribution in [3.63, 3.8) is 0 Å². The van der Waals surface area contributed by atoms with Crippen LogP contribution >= 0.6 is 11.8 Å². The van der Waals surface area contributed by atoms with Crippen LogP contribution in [0.1, 0.15) is 43.7 Å². The standard InChI is InChI=1S/C16H25NOS/c1-16(18,12-17)9-2-3-10-19-15-8-7-13-5-4-6-14(13)11-15/h7-8,11,18H,2-6,9-10,12,17H2,1H3. The summed E-state index contributed by atoms with van der Waals surface area (Å²) < 4.78 is 0. The lowest BCUT2D eigenvalue weighted by Gasteiger charge is -2.20. The van der Waals surface area contributed by atoms with Crippen LogP contribution in [0.4, 0.5) is 0 Å². The van der Waals surface area contributed by atoms with Crippen molar-refractivity contribution in [1.82, 2.24) is 0 Å². The molecule has 1 aromatic carbocycles. The van der Waals surface area contributed by atoms with Crippen molar-refractivity contribution in [2.75, 3.05) is 12.3 Å². The van der Waals surface area contributed by atoms with Crippen molar-refractivity contribution in [2.45, 2.75) is 55.9 Å². The molecule has 2 nitrogen and oxygen atoms in total. The number of thioether (sulfide) groups is 1. The Morgan fingerprint density at radius 3 is 2.84 bits per heavy atom. The Kier molecular flexibility index (Phi) is 5.31. The van der Waals surface area contributed by atoms with Gasteiger partial charge in [0.1, 0.15) is 0 Å². The second-order valence-electron chi connectivity index (χ2n) is 5.79. The summed E-state index contributed by atoms with van der Waals surface area (Å²) in [6.45, 7) is 2.17. The Labute approximate surface area is 120 Å². The lowest BCUT2D eigenvalue weighted by molar-refractivity contribution is 0.0577. The second-order valence-corrected chi connectivity index (χ2v) is 6.96. The van der Waals surface area contributed by atoms with Crippen molar-refractivity contribution >= 4 is 11.8 Å². The van der Waals surface area contributed by atoms with Gasteiger partial charge >= 0.3 is 0 Å². The summed E-state index contributed by atoms with van der Waals surface area (Å²) in [5.41, 5.74) is 7.92. The first-order valence-electron chi connectivity index (χ1n) is 7.28. The highest BCUT2D eigenvalue weighted by Gasteiger charge is 2.16. The molecule has 1 aliphatic carbocycles. The van der Waals surface area contributed by atoms with E-state index in [0.717, 1.165) is 25.0 Å². The number of hydrogen-bond donors (Lipinski definition) is 2. The SMILES string of the molecule is CC(O)(CN)CCCCSc1ccc2c(c1)CCC2. The number of hydrogen-bond acceptors (Lipinski definition) is 3. The van der Waals surface area contributed by atoms with Gasteiger partial charge in [0.05, 0.1) is 5.60 Å². The number of aryl methyl sites for hydroxylation is 2. The zero-order valence-electron chi connectivity index (χ0n) is 11.8. The molecule has 106 valence electrons. The van der Waals surface area contributed by atoms with Crippen LogP contribution in [0.2, 0.25) is 0 Å². The van der Waals surface area contributed by atoms with Gasteiger partial charge in [0.15, 0.2) is 0 Å². The largest absolute Gasteiger partial charge is 0.389 e. The van der Waals surface area contributed by atoms with Crippen molar-refractivity contribution in [3.8, 4) is 0 Å². The van der Waals surface area contributed by atoms with E-state index in [0.29, 0.717) is 6.54 Å². The van der Waals surface area contributed by atoms with Crippen LogP contribution in [0, 0.1) is 0 Å². The summed E-state index contributed by atoms with van der Waals surface area (Å²) in [4.78, 5) is 1.39. The van der Waals surface area contributed by atoms with Crippen LogP contribution in [0.25, 0.3) is 0 Å². The van der Waals surface area contributed by atoms with Gasteiger partial charge < -0.3 is 10.8 Å². The van der Waals surface area contributed by atoms with Gasteiger partial charge in [-0.3, -0.25) is 0 Å². The molecule has 3 heteroatoms. The van der Waals surface area contributed by atoms with E-state index in [1.54, 1.807) is 11.1 Å². The topological polar surface area (TPSA) is 46.2 Å². The maximum atomic E-state index is 9.81. The van der Waals surface area contributed by atoms with E-state index >= 15 is 0 Å². The van der Waals surface area contributed by atoms with E-state index in [1.165, 1.54) is 24.2 Å². The van der Waals surface area contributed by atoms with Crippen molar-refractivity contribution < 1.29 is 5.11 Å². The third-order valence-electron chi connectivity index (χ3n) is 3.89. The molecule has 3 N–H and O–H groups in total. The van der Waals surface area contributed by atoms with Gasteiger partial charge in [-0.25, -0.2) is 0 Å². The predicted octanol–water partition coefficient (Wildman–Crippen LogP) is 3.15. The molecule has 0 radical (unpaired) electrons. The lowest BCUT2D eigenvalue weighted by Crippen LogP contribution is -2.33. The van der Waals surface area contributed by atoms with Crippen LogP contribution in [0.15, 0.2) is 23.1 Å². The number of fused-ring (bicyclic) bond motifs is 1. The molecule has 0 saturated heterocycles. The molecule has 0 aliphatic heterocycles. The van der Waals surface area contributed by atoms with Gasteiger partial charge in [-0.2, -0.15) is 0 Å². The Balaban J connectivity index is 1.69. The predicted molar refractivity (Wildman–Crippen MR) is 82.7 cm³/mol. The van der Waals surface area contributed by atoms with Crippen LogP contribution in [0.5, 0.6) is 0 Å². The summed E-state index contributed by atoms with van der Waals surface area (Å²) in [5, 5.41) is 9.81. The van der Waals surface area contributed by atoms with Crippen LogP contribution in [0.3, 0.4) is 0 Å². The first-order chi connectivity index (χ1) is 9.11. The maximum absolute atomic E-state index is 9.81. The monoisotopic (exact) mass is 279 g/mol. The van der Waals surface area contributed by atoms with Gasteiger partial charge in [0.25, 0.3) is 0 Å². The van der Waals surface area contributed by atoms with Crippen molar-refractivity contribution in [2.24, 2.45) is 5.73 Å². The fourth-order valence-electron chi connectivity index (χ4n) is 2.54. The van der Waals surface area contributed by atoms with E-state index in [9.17, 15) is 5.11 Å². The highest BCUT2D eigenvalue weighted by molar-refractivity contribution is 7.99. The van der Waals surface area contributed by atoms with Crippen LogP contribution < -0.4 is 5.73 Å². The van der Waals surface area contributed by atoms with E-state index in [2.05, 4.69) is 18.2 Å². The zero-order valence-corrected chi connectivity index (χ0v) is 12.6. The van der Waals surface area contributed by atoms with Gasteiger partial charge in [-0.05, 0) is 74.5 Å². The van der Waals surface area contributed by atoms with Crippen LogP contribution in [-0.2, 0) is 12.8 Å². The summed E-state index contributed by atoms with van der Waals surface area (Å²) in [5.74, 6) is 1.12. The molecule has 0 saturated carbocycles. The smallest absolute Gasteiger partial charge is 0.0741 e. The zero-order chi connectivity index (χ0) is 13.7. The summed E-state index contributed by atoms with van der Waals surface area (Å²) >= 11 is 1.93. The van der Waals surface area contributed by atoms with Gasteiger partial charge in [-0.15, -0.1) is 11.8 Å². The minimum atomic E-state index is -0.682. The van der Waals surface area contributed by atoms with Crippen LogP contribution in [-0.4, -0.2) is 23.0 Å². The number of nitrogens with two attached hydrogens (primary N) is 1. The van der Waals surface area contributed by atoms with E-state index in [1.807, 2.05) is 18.7 Å². The number of aliphatic hydroxyl groups is 1. The Morgan fingerprint density at radius 2 is 2.05 bits per heavy atom. The van der Waals surface area contributed by atoms with E-state index in [4.69, 9.17) is 5.73 Å². The molecule has 1 aliphatic rings. The summed E-state index contributed by atoms with van der Waals surface area (Å²) in [7, 11) is 0. The molecule has 0 fully saturated rings. The quantitative estimate of drug-likeness (QED) is 0.595. The van der Waals surface area contributed by atoms with Gasteiger partial charge in [-0.1, -0.05) is 6.07 Å². The summed E-state index contributed by atoms with van der Waals surface area (Å²) in [6.07, 6.45) is 6.81. The van der Waals surface area contributed by atoms with E-state index in [-0.39, 0.29) is 0 Å². The van der Waals surface area contributed by atoms with Crippen molar-refractivity contribution in [1.29, 1.82) is 0 Å². The minimum Gasteiger partial charge on any atom is -0.389 e. The number of benzene rings is 1. The van der Waals surface area contributed by atoms with Crippen molar-refractivity contribution in [3.05, 3.63) is 29.3 Å². The molecule has 1 atom stereocenters. The molecule has 1 aromatic rings. The fraction of sp³-hybridized carbons (Fsp3) is 0.625. The maximum Gasteiger partial charge on any atom is 0.0741 e. The Hall–Kier alpha value is -0.510. The molecule has 0 bridgehead atoms. The fourth-order valence-corrected chi connectivity index (χ4v) is 3.51. The lowest BCUT2D eigenvalue weighted by atomic mass is 10.00. The average Bonchev–Trinajstić information content (AvgIpc) is 2.85. The molecule has 19 heavy (non-hydrogen) atoms. The van der Waals surface area contributed by atoms with Gasteiger partial charge in [0, 0.05) is 11.4 Å². The average molecular weight is 279 g/mol. The Bertz CT molecular complexity index is 417. The minimum absolute atomic E-state index is 0.352. The van der Waals surface area contributed by atoms with Gasteiger partial charge in [0.2, 0.25) is 0 Å². The molecule has 0 spiro atoms. The normalized spacial score (nSPS) is 17.2. The number of unbranched alkanes of at least 4 members (excludes halogenated alkanes) is 1. The molecule has 0 amide bonds. The molecule has 0 heterocycles. The first-order valence-corrected chi connectivity index (χ1v) is 8.26. The molecular weight excluding hydrogens is 254 g/mol. The second kappa shape index (κ2) is 6.78. The van der Waals surface area contributed by atoms with E-state index < -0.39 is 5.60 Å². The Morgan fingerprint density at radius 1 is 1.26 bits per heavy atom.